The van der Waals surface area contributed by atoms with Gasteiger partial charge in [0, 0.05) is 23.2 Å². The fraction of sp³-hybridized carbons (Fsp3) is 0.600. The van der Waals surface area contributed by atoms with Gasteiger partial charge in [-0.1, -0.05) is 11.6 Å². The van der Waals surface area contributed by atoms with Crippen molar-refractivity contribution in [2.45, 2.75) is 56.9 Å². The van der Waals surface area contributed by atoms with Crippen molar-refractivity contribution < 1.29 is 9.84 Å². The Morgan fingerprint density at radius 3 is 2.79 bits per heavy atom. The predicted octanol–water partition coefficient (Wildman–Crippen LogP) is 2.88. The summed E-state index contributed by atoms with van der Waals surface area (Å²) >= 11 is 6.06. The highest BCUT2D eigenvalue weighted by molar-refractivity contribution is 6.30. The molecule has 0 bridgehead atoms. The lowest BCUT2D eigenvalue weighted by atomic mass is 10.2. The smallest absolute Gasteiger partial charge is 0.124 e. The van der Waals surface area contributed by atoms with E-state index in [1.807, 2.05) is 18.2 Å². The summed E-state index contributed by atoms with van der Waals surface area (Å²) in [4.78, 5) is 0. The molecule has 0 spiro atoms. The molecule has 2 saturated carbocycles. The summed E-state index contributed by atoms with van der Waals surface area (Å²) in [6, 6.07) is 6.37. The van der Waals surface area contributed by atoms with E-state index in [0.29, 0.717) is 6.04 Å². The van der Waals surface area contributed by atoms with Gasteiger partial charge >= 0.3 is 0 Å². The van der Waals surface area contributed by atoms with Crippen molar-refractivity contribution in [3.8, 4) is 5.75 Å². The van der Waals surface area contributed by atoms with E-state index in [1.54, 1.807) is 0 Å². The highest BCUT2D eigenvalue weighted by atomic mass is 35.5. The predicted molar refractivity (Wildman–Crippen MR) is 75.6 cm³/mol. The van der Waals surface area contributed by atoms with E-state index >= 15 is 0 Å². The Balaban J connectivity index is 1.70. The summed E-state index contributed by atoms with van der Waals surface area (Å²) in [6.45, 7) is 0.781. The van der Waals surface area contributed by atoms with Crippen molar-refractivity contribution in [1.82, 2.24) is 5.32 Å². The van der Waals surface area contributed by atoms with Crippen LogP contribution in [0, 0.1) is 0 Å². The van der Waals surface area contributed by atoms with E-state index in [1.165, 1.54) is 12.8 Å². The number of hydrogen-bond donors (Lipinski definition) is 2. The van der Waals surface area contributed by atoms with Crippen LogP contribution in [0.4, 0.5) is 0 Å². The fourth-order valence-electron chi connectivity index (χ4n) is 2.55. The van der Waals surface area contributed by atoms with Crippen LogP contribution in [0.5, 0.6) is 5.75 Å². The number of hydrogen-bond acceptors (Lipinski definition) is 3. The lowest BCUT2D eigenvalue weighted by molar-refractivity contribution is 0.0597. The largest absolute Gasteiger partial charge is 0.487 e. The number of rotatable bonds is 5. The zero-order valence-electron chi connectivity index (χ0n) is 10.9. The molecule has 2 aliphatic rings. The Morgan fingerprint density at radius 2 is 2.11 bits per heavy atom. The second-order valence-electron chi connectivity index (χ2n) is 5.56. The van der Waals surface area contributed by atoms with Crippen molar-refractivity contribution in [3.63, 3.8) is 0 Å². The molecule has 2 fully saturated rings. The van der Waals surface area contributed by atoms with Crippen molar-refractivity contribution in [2.24, 2.45) is 0 Å². The molecule has 2 atom stereocenters. The minimum Gasteiger partial charge on any atom is -0.487 e. The molecule has 2 aliphatic carbocycles. The first kappa shape index (κ1) is 13.2. The summed E-state index contributed by atoms with van der Waals surface area (Å²) in [5.74, 6) is 0.850. The summed E-state index contributed by atoms with van der Waals surface area (Å²) < 4.78 is 5.98. The molecule has 0 saturated heterocycles. The maximum Gasteiger partial charge on any atom is 0.124 e. The van der Waals surface area contributed by atoms with Crippen molar-refractivity contribution in [3.05, 3.63) is 28.8 Å². The van der Waals surface area contributed by atoms with E-state index in [0.717, 1.165) is 42.1 Å². The van der Waals surface area contributed by atoms with Gasteiger partial charge in [-0.05, 0) is 50.3 Å². The standard InChI is InChI=1S/C15H20ClNO2/c16-11-4-7-14(19-15-3-1-2-13(15)18)10(8-11)9-17-12-5-6-12/h4,7-8,12-13,15,17-18H,1-3,5-6,9H2. The van der Waals surface area contributed by atoms with Crippen LogP contribution in [0.3, 0.4) is 0 Å². The van der Waals surface area contributed by atoms with Gasteiger partial charge in [-0.2, -0.15) is 0 Å². The van der Waals surface area contributed by atoms with Gasteiger partial charge in [0.05, 0.1) is 6.10 Å². The number of ether oxygens (including phenoxy) is 1. The van der Waals surface area contributed by atoms with Gasteiger partial charge in [0.15, 0.2) is 0 Å². The fourth-order valence-corrected chi connectivity index (χ4v) is 2.74. The van der Waals surface area contributed by atoms with Gasteiger partial charge in [-0.15, -0.1) is 0 Å². The Bertz CT molecular complexity index is 448. The van der Waals surface area contributed by atoms with Crippen LogP contribution in [0.15, 0.2) is 18.2 Å². The molecule has 4 heteroatoms. The van der Waals surface area contributed by atoms with Gasteiger partial charge < -0.3 is 15.2 Å². The molecule has 0 radical (unpaired) electrons. The highest BCUT2D eigenvalue weighted by Gasteiger charge is 2.28. The molecular formula is C15H20ClNO2. The van der Waals surface area contributed by atoms with Crippen LogP contribution in [0.1, 0.15) is 37.7 Å². The van der Waals surface area contributed by atoms with Gasteiger partial charge in [0.2, 0.25) is 0 Å². The van der Waals surface area contributed by atoms with E-state index in [-0.39, 0.29) is 12.2 Å². The van der Waals surface area contributed by atoms with Crippen LogP contribution < -0.4 is 10.1 Å². The molecule has 1 aromatic carbocycles. The molecule has 2 N–H and O–H groups in total. The zero-order chi connectivity index (χ0) is 13.2. The minimum atomic E-state index is -0.333. The molecular weight excluding hydrogens is 262 g/mol. The van der Waals surface area contributed by atoms with Gasteiger partial charge in [-0.3, -0.25) is 0 Å². The van der Waals surface area contributed by atoms with Gasteiger partial charge in [-0.25, -0.2) is 0 Å². The molecule has 104 valence electrons. The van der Waals surface area contributed by atoms with Crippen molar-refractivity contribution in [2.75, 3.05) is 0 Å². The van der Waals surface area contributed by atoms with Crippen LogP contribution >= 0.6 is 11.6 Å². The van der Waals surface area contributed by atoms with Crippen LogP contribution in [0.25, 0.3) is 0 Å². The third kappa shape index (κ3) is 3.41. The molecule has 0 aliphatic heterocycles. The summed E-state index contributed by atoms with van der Waals surface area (Å²) in [6.07, 6.45) is 4.93. The molecule has 0 aromatic heterocycles. The van der Waals surface area contributed by atoms with Crippen LogP contribution in [-0.4, -0.2) is 23.4 Å². The number of aliphatic hydroxyl groups is 1. The highest BCUT2D eigenvalue weighted by Crippen LogP contribution is 2.29. The zero-order valence-corrected chi connectivity index (χ0v) is 11.7. The Morgan fingerprint density at radius 1 is 1.26 bits per heavy atom. The number of aliphatic hydroxyl groups excluding tert-OH is 1. The first-order chi connectivity index (χ1) is 9.22. The SMILES string of the molecule is OC1CCCC1Oc1ccc(Cl)cc1CNC1CC1. The Hall–Kier alpha value is -0.770. The van der Waals surface area contributed by atoms with E-state index in [9.17, 15) is 5.11 Å². The van der Waals surface area contributed by atoms with Crippen molar-refractivity contribution in [1.29, 1.82) is 0 Å². The maximum absolute atomic E-state index is 9.86. The van der Waals surface area contributed by atoms with E-state index in [2.05, 4.69) is 5.32 Å². The quantitative estimate of drug-likeness (QED) is 0.872. The van der Waals surface area contributed by atoms with E-state index < -0.39 is 0 Å². The first-order valence-corrected chi connectivity index (χ1v) is 7.47. The van der Waals surface area contributed by atoms with Crippen molar-refractivity contribution >= 4 is 11.6 Å². The third-order valence-electron chi connectivity index (χ3n) is 3.88. The average Bonchev–Trinajstić information content (AvgIpc) is 3.14. The minimum absolute atomic E-state index is 0.0687. The molecule has 2 unspecified atom stereocenters. The number of benzene rings is 1. The topological polar surface area (TPSA) is 41.5 Å². The summed E-state index contributed by atoms with van der Waals surface area (Å²) in [5.41, 5.74) is 1.08. The molecule has 1 aromatic rings. The molecule has 3 nitrogen and oxygen atoms in total. The number of halogens is 1. The lowest BCUT2D eigenvalue weighted by Gasteiger charge is -2.20. The normalized spacial score (nSPS) is 26.6. The van der Waals surface area contributed by atoms with Crippen LogP contribution in [0.2, 0.25) is 5.02 Å². The molecule has 0 heterocycles. The lowest BCUT2D eigenvalue weighted by Crippen LogP contribution is -2.26. The Kier molecular flexibility index (Phi) is 3.96. The van der Waals surface area contributed by atoms with E-state index in [4.69, 9.17) is 16.3 Å². The second-order valence-corrected chi connectivity index (χ2v) is 6.00. The number of nitrogens with one attached hydrogen (secondary N) is 1. The maximum atomic E-state index is 9.86. The molecule has 19 heavy (non-hydrogen) atoms. The first-order valence-electron chi connectivity index (χ1n) is 7.09. The second kappa shape index (κ2) is 5.70. The summed E-state index contributed by atoms with van der Waals surface area (Å²) in [7, 11) is 0. The summed E-state index contributed by atoms with van der Waals surface area (Å²) in [5, 5.41) is 14.1. The molecule has 3 rings (SSSR count). The Labute approximate surface area is 118 Å². The van der Waals surface area contributed by atoms with Gasteiger partial charge in [0.1, 0.15) is 11.9 Å². The average molecular weight is 282 g/mol. The monoisotopic (exact) mass is 281 g/mol. The molecule has 0 amide bonds. The van der Waals surface area contributed by atoms with Gasteiger partial charge in [0.25, 0.3) is 0 Å². The van der Waals surface area contributed by atoms with Crippen LogP contribution in [-0.2, 0) is 6.54 Å². The third-order valence-corrected chi connectivity index (χ3v) is 4.11.